The van der Waals surface area contributed by atoms with Crippen molar-refractivity contribution in [1.82, 2.24) is 9.55 Å². The number of hydrogen-bond acceptors (Lipinski definition) is 8. The Morgan fingerprint density at radius 2 is 1.41 bits per heavy atom. The number of fused-ring (bicyclic) bond motifs is 1. The van der Waals surface area contributed by atoms with Gasteiger partial charge in [0, 0.05) is 26.9 Å². The van der Waals surface area contributed by atoms with E-state index in [1.807, 2.05) is 39.1 Å². The van der Waals surface area contributed by atoms with E-state index in [0.29, 0.717) is 68.1 Å². The molecule has 2 unspecified atom stereocenters. The first-order chi connectivity index (χ1) is 21.9. The summed E-state index contributed by atoms with van der Waals surface area (Å²) < 4.78 is 1.81. The van der Waals surface area contributed by atoms with Crippen molar-refractivity contribution in [3.63, 3.8) is 0 Å². The molecule has 1 aromatic heterocycles. The maximum Gasteiger partial charge on any atom is 0.208 e. The third-order valence-electron chi connectivity index (χ3n) is 9.53. The van der Waals surface area contributed by atoms with Crippen LogP contribution < -0.4 is 16.4 Å². The highest BCUT2D eigenvalue weighted by atomic mass is 35.5. The number of para-hydroxylation sites is 1. The zero-order valence-corrected chi connectivity index (χ0v) is 27.7. The summed E-state index contributed by atoms with van der Waals surface area (Å²) in [5.41, 5.74) is 10.3. The number of ketones is 2. The SMILES string of the molecule is CNc1c(N)ccc(C2(C)CCCC2=O)c1C#N.Cn1c(Nc2c(Cl)cccc2Cl)nc2ccc(C3(C)CCCC3=O)c(C#N)c21. The molecule has 0 amide bonds. The van der Waals surface area contributed by atoms with E-state index >= 15 is 0 Å². The molecule has 236 valence electrons. The molecule has 2 aliphatic carbocycles. The second-order valence-electron chi connectivity index (χ2n) is 12.2. The molecule has 46 heavy (non-hydrogen) atoms. The molecule has 0 spiro atoms. The minimum absolute atomic E-state index is 0.187. The molecule has 2 saturated carbocycles. The number of nitrogens with two attached hydrogens (primary N) is 1. The number of nitrogen functional groups attached to an aromatic ring is 1. The van der Waals surface area contributed by atoms with Crippen LogP contribution in [0.4, 0.5) is 23.0 Å². The zero-order valence-electron chi connectivity index (χ0n) is 26.2. The number of imidazole rings is 1. The van der Waals surface area contributed by atoms with Gasteiger partial charge in [-0.25, -0.2) is 4.98 Å². The Hall–Kier alpha value is -4.57. The Bertz CT molecular complexity index is 1950. The van der Waals surface area contributed by atoms with Crippen molar-refractivity contribution in [2.75, 3.05) is 23.4 Å². The van der Waals surface area contributed by atoms with Gasteiger partial charge in [0.15, 0.2) is 0 Å². The number of Topliss-reactive ketones (excluding diaryl/α,β-unsaturated/α-hetero) is 2. The Morgan fingerprint density at radius 1 is 0.870 bits per heavy atom. The average molecular weight is 657 g/mol. The highest BCUT2D eigenvalue weighted by Gasteiger charge is 2.42. The Kier molecular flexibility index (Phi) is 9.04. The van der Waals surface area contributed by atoms with E-state index in [2.05, 4.69) is 27.8 Å². The Morgan fingerprint density at radius 3 is 1.91 bits per heavy atom. The first-order valence-corrected chi connectivity index (χ1v) is 15.8. The minimum atomic E-state index is -0.622. The predicted molar refractivity (Wildman–Crippen MR) is 183 cm³/mol. The fourth-order valence-corrected chi connectivity index (χ4v) is 7.28. The maximum atomic E-state index is 12.5. The number of halogens is 2. The molecule has 4 aromatic rings. The van der Waals surface area contributed by atoms with E-state index in [9.17, 15) is 20.1 Å². The van der Waals surface area contributed by atoms with Gasteiger partial charge in [0.2, 0.25) is 5.95 Å². The fourth-order valence-electron chi connectivity index (χ4n) is 6.79. The molecule has 11 heteroatoms. The van der Waals surface area contributed by atoms with Gasteiger partial charge in [-0.3, -0.25) is 9.59 Å². The molecule has 1 heterocycles. The van der Waals surface area contributed by atoms with Crippen molar-refractivity contribution in [3.8, 4) is 12.1 Å². The third-order valence-corrected chi connectivity index (χ3v) is 10.2. The summed E-state index contributed by atoms with van der Waals surface area (Å²) in [6.45, 7) is 3.86. The first kappa shape index (κ1) is 32.8. The van der Waals surface area contributed by atoms with Crippen LogP contribution in [0.25, 0.3) is 11.0 Å². The van der Waals surface area contributed by atoms with Crippen LogP contribution in [0.2, 0.25) is 10.0 Å². The number of benzene rings is 3. The van der Waals surface area contributed by atoms with Crippen LogP contribution >= 0.6 is 23.2 Å². The van der Waals surface area contributed by atoms with Gasteiger partial charge in [-0.15, -0.1) is 0 Å². The quantitative estimate of drug-likeness (QED) is 0.185. The van der Waals surface area contributed by atoms with Gasteiger partial charge in [-0.05, 0) is 74.9 Å². The molecule has 4 N–H and O–H groups in total. The van der Waals surface area contributed by atoms with Gasteiger partial charge in [0.05, 0.1) is 60.1 Å². The number of hydrogen-bond donors (Lipinski definition) is 3. The highest BCUT2D eigenvalue weighted by molar-refractivity contribution is 6.39. The van der Waals surface area contributed by atoms with E-state index in [-0.39, 0.29) is 11.6 Å². The lowest BCUT2D eigenvalue weighted by molar-refractivity contribution is -0.122. The average Bonchev–Trinajstić information content (AvgIpc) is 3.68. The van der Waals surface area contributed by atoms with Crippen LogP contribution in [0, 0.1) is 22.7 Å². The molecule has 2 aliphatic rings. The van der Waals surface area contributed by atoms with Gasteiger partial charge < -0.3 is 20.9 Å². The normalized spacial score (nSPS) is 20.6. The van der Waals surface area contributed by atoms with Crippen molar-refractivity contribution < 1.29 is 9.59 Å². The van der Waals surface area contributed by atoms with Crippen LogP contribution in [-0.2, 0) is 27.5 Å². The molecule has 0 aliphatic heterocycles. The monoisotopic (exact) mass is 655 g/mol. The number of nitrogens with zero attached hydrogens (tertiary/aromatic N) is 4. The van der Waals surface area contributed by atoms with Crippen molar-refractivity contribution >= 4 is 68.8 Å². The summed E-state index contributed by atoms with van der Waals surface area (Å²) in [6.07, 6.45) is 4.45. The summed E-state index contributed by atoms with van der Waals surface area (Å²) >= 11 is 12.5. The summed E-state index contributed by atoms with van der Waals surface area (Å²) in [7, 11) is 3.56. The molecule has 0 saturated heterocycles. The molecule has 9 nitrogen and oxygen atoms in total. The highest BCUT2D eigenvalue weighted by Crippen LogP contribution is 2.43. The number of rotatable bonds is 5. The van der Waals surface area contributed by atoms with Crippen LogP contribution in [0.1, 0.15) is 74.6 Å². The molecular formula is C35H35Cl2N7O2. The second-order valence-corrected chi connectivity index (χ2v) is 13.0. The van der Waals surface area contributed by atoms with Gasteiger partial charge in [-0.1, -0.05) is 41.4 Å². The smallest absolute Gasteiger partial charge is 0.208 e. The molecular weight excluding hydrogens is 621 g/mol. The molecule has 0 bridgehead atoms. The lowest BCUT2D eigenvalue weighted by Gasteiger charge is -2.25. The summed E-state index contributed by atoms with van der Waals surface area (Å²) in [5, 5.41) is 26.4. The van der Waals surface area contributed by atoms with E-state index in [0.717, 1.165) is 36.8 Å². The number of aryl methyl sites for hydroxylation is 1. The van der Waals surface area contributed by atoms with E-state index in [1.54, 1.807) is 35.9 Å². The third kappa shape index (κ3) is 5.44. The Balaban J connectivity index is 0.000000200. The number of carbonyl (C=O) groups is 2. The topological polar surface area (TPSA) is 150 Å². The molecule has 2 atom stereocenters. The second kappa shape index (κ2) is 12.7. The van der Waals surface area contributed by atoms with Crippen LogP contribution in [-0.4, -0.2) is 28.2 Å². The standard InChI is InChI=1S/C21H18Cl2N4O.C14H17N3O/c1-21(10-4-7-17(21)28)13-8-9-16-19(12(13)11-24)27(2)20(25-16)26-18-14(22)5-3-6-15(18)23;1-14(7-3-4-12(14)18)10-5-6-11(16)13(17-2)9(10)8-15/h3,5-6,8-9H,4,7,10H2,1-2H3,(H,25,26);5-6,17H,3-4,7,16H2,1-2H3. The van der Waals surface area contributed by atoms with Gasteiger partial charge >= 0.3 is 0 Å². The summed E-state index contributed by atoms with van der Waals surface area (Å²) in [6, 6.07) is 17.0. The lowest BCUT2D eigenvalue weighted by atomic mass is 9.77. The number of carbonyl (C=O) groups excluding carboxylic acids is 2. The molecule has 2 fully saturated rings. The molecule has 3 aromatic carbocycles. The number of aromatic nitrogens is 2. The van der Waals surface area contributed by atoms with E-state index in [4.69, 9.17) is 28.9 Å². The lowest BCUT2D eigenvalue weighted by Crippen LogP contribution is -2.28. The number of anilines is 4. The summed E-state index contributed by atoms with van der Waals surface area (Å²) in [4.78, 5) is 29.2. The molecule has 6 rings (SSSR count). The number of nitrogens with one attached hydrogen (secondary N) is 2. The Labute approximate surface area is 278 Å². The van der Waals surface area contributed by atoms with Crippen LogP contribution in [0.5, 0.6) is 0 Å². The van der Waals surface area contributed by atoms with Crippen molar-refractivity contribution in [1.29, 1.82) is 10.5 Å². The van der Waals surface area contributed by atoms with Crippen LogP contribution in [0.15, 0.2) is 42.5 Å². The van der Waals surface area contributed by atoms with Gasteiger partial charge in [-0.2, -0.15) is 10.5 Å². The predicted octanol–water partition coefficient (Wildman–Crippen LogP) is 7.70. The largest absolute Gasteiger partial charge is 0.397 e. The van der Waals surface area contributed by atoms with Crippen molar-refractivity contribution in [3.05, 3.63) is 74.8 Å². The van der Waals surface area contributed by atoms with Crippen molar-refractivity contribution in [2.45, 2.75) is 63.2 Å². The zero-order chi connectivity index (χ0) is 33.4. The fraction of sp³-hybridized carbons (Fsp3) is 0.343. The van der Waals surface area contributed by atoms with Gasteiger partial charge in [0.1, 0.15) is 23.7 Å². The maximum absolute atomic E-state index is 12.5. The van der Waals surface area contributed by atoms with Gasteiger partial charge in [0.25, 0.3) is 0 Å². The van der Waals surface area contributed by atoms with Crippen LogP contribution in [0.3, 0.4) is 0 Å². The summed E-state index contributed by atoms with van der Waals surface area (Å²) in [5.74, 6) is 0.916. The van der Waals surface area contributed by atoms with E-state index in [1.165, 1.54) is 0 Å². The van der Waals surface area contributed by atoms with E-state index < -0.39 is 10.8 Å². The molecule has 0 radical (unpaired) electrons. The van der Waals surface area contributed by atoms with Crippen molar-refractivity contribution in [2.24, 2.45) is 7.05 Å². The minimum Gasteiger partial charge on any atom is -0.397 e. The number of nitriles is 2. The first-order valence-electron chi connectivity index (χ1n) is 15.1.